The summed E-state index contributed by atoms with van der Waals surface area (Å²) in [6, 6.07) is 10.4. The zero-order chi connectivity index (χ0) is 26.1. The molecule has 0 aliphatic carbocycles. The van der Waals surface area contributed by atoms with Gasteiger partial charge in [0.2, 0.25) is 0 Å². The largest absolute Gasteiger partial charge is 0.505 e. The van der Waals surface area contributed by atoms with Crippen LogP contribution in [0.5, 0.6) is 5.75 Å². The number of aliphatic hydroxyl groups excluding tert-OH is 1. The van der Waals surface area contributed by atoms with Gasteiger partial charge in [0, 0.05) is 31.7 Å². The Kier molecular flexibility index (Phi) is 6.52. The van der Waals surface area contributed by atoms with Crippen LogP contribution in [0.25, 0.3) is 11.4 Å². The number of ketones is 1. The second-order valence-corrected chi connectivity index (χ2v) is 9.08. The van der Waals surface area contributed by atoms with Gasteiger partial charge in [0.15, 0.2) is 5.76 Å². The molecule has 9 heteroatoms. The van der Waals surface area contributed by atoms with Crippen LogP contribution >= 0.6 is 0 Å². The summed E-state index contributed by atoms with van der Waals surface area (Å²) in [4.78, 5) is 37.0. The topological polar surface area (TPSA) is 102 Å². The van der Waals surface area contributed by atoms with Gasteiger partial charge in [0.1, 0.15) is 17.1 Å². The first kappa shape index (κ1) is 24.3. The van der Waals surface area contributed by atoms with Crippen molar-refractivity contribution in [3.8, 4) is 5.75 Å². The van der Waals surface area contributed by atoms with E-state index in [-0.39, 0.29) is 17.0 Å². The van der Waals surface area contributed by atoms with Gasteiger partial charge in [-0.25, -0.2) is 9.97 Å². The number of hydrogen-bond acceptors (Lipinski definition) is 6. The highest BCUT2D eigenvalue weighted by Gasteiger charge is 2.46. The number of fused-ring (bicyclic) bond motifs is 1. The number of carbonyl (C=O) groups excluding carboxylic acids is 2. The molecular formula is C28H29N5O4. The predicted octanol–water partition coefficient (Wildman–Crippen LogP) is 4.06. The van der Waals surface area contributed by atoms with Crippen molar-refractivity contribution in [2.75, 3.05) is 13.2 Å². The van der Waals surface area contributed by atoms with Crippen LogP contribution in [0.1, 0.15) is 41.9 Å². The number of ether oxygens (including phenoxy) is 1. The summed E-state index contributed by atoms with van der Waals surface area (Å²) in [5.41, 5.74) is 3.31. The normalized spacial score (nSPS) is 17.2. The van der Waals surface area contributed by atoms with Gasteiger partial charge in [-0.05, 0) is 56.5 Å². The second kappa shape index (κ2) is 9.93. The smallest absolute Gasteiger partial charge is 0.295 e. The molecule has 1 unspecified atom stereocenters. The SMILES string of the molecule is CCOc1cccc(C2C(=C(O)c3nc4c(C)cccn4c3C)C(=O)C(=O)N2CCCn2ccnc2)c1. The average Bonchev–Trinajstić information content (AvgIpc) is 3.59. The highest BCUT2D eigenvalue weighted by atomic mass is 16.5. The molecule has 4 heterocycles. The van der Waals surface area contributed by atoms with Crippen molar-refractivity contribution in [1.29, 1.82) is 0 Å². The minimum atomic E-state index is -0.770. The minimum Gasteiger partial charge on any atom is -0.505 e. The molecule has 0 radical (unpaired) electrons. The number of Topliss-reactive ketones (excluding diaryl/α,β-unsaturated/α-hetero) is 1. The van der Waals surface area contributed by atoms with Gasteiger partial charge < -0.3 is 23.7 Å². The van der Waals surface area contributed by atoms with Gasteiger partial charge in [0.25, 0.3) is 11.7 Å². The number of aliphatic hydroxyl groups is 1. The monoisotopic (exact) mass is 499 g/mol. The Balaban J connectivity index is 1.61. The lowest BCUT2D eigenvalue weighted by molar-refractivity contribution is -0.139. The van der Waals surface area contributed by atoms with E-state index in [9.17, 15) is 14.7 Å². The molecule has 190 valence electrons. The van der Waals surface area contributed by atoms with Crippen molar-refractivity contribution < 1.29 is 19.4 Å². The van der Waals surface area contributed by atoms with Crippen molar-refractivity contribution in [2.24, 2.45) is 0 Å². The van der Waals surface area contributed by atoms with Crippen molar-refractivity contribution in [3.63, 3.8) is 0 Å². The lowest BCUT2D eigenvalue weighted by Crippen LogP contribution is -2.31. The summed E-state index contributed by atoms with van der Waals surface area (Å²) >= 11 is 0. The number of amides is 1. The lowest BCUT2D eigenvalue weighted by atomic mass is 9.96. The summed E-state index contributed by atoms with van der Waals surface area (Å²) in [6.45, 7) is 7.10. The standard InChI is InChI=1S/C28H29N5O4/c1-4-37-21-10-5-9-20(16-21)24-22(25(34)23-19(3)32-13-6-8-18(2)27(32)30-23)26(35)28(36)33(24)14-7-12-31-15-11-29-17-31/h5-6,8-11,13,15-17,24,34H,4,7,12,14H2,1-3H3. The maximum atomic E-state index is 13.4. The van der Waals surface area contributed by atoms with Gasteiger partial charge in [-0.15, -0.1) is 0 Å². The third kappa shape index (κ3) is 4.37. The third-order valence-corrected chi connectivity index (χ3v) is 6.71. The molecule has 4 aromatic rings. The van der Waals surface area contributed by atoms with E-state index in [0.717, 1.165) is 5.56 Å². The Morgan fingerprint density at radius 1 is 1.11 bits per heavy atom. The molecule has 1 saturated heterocycles. The first-order chi connectivity index (χ1) is 17.9. The van der Waals surface area contributed by atoms with E-state index >= 15 is 0 Å². The highest BCUT2D eigenvalue weighted by molar-refractivity contribution is 6.46. The first-order valence-electron chi connectivity index (χ1n) is 12.3. The van der Waals surface area contributed by atoms with Crippen LogP contribution in [0.4, 0.5) is 0 Å². The lowest BCUT2D eigenvalue weighted by Gasteiger charge is -2.25. The molecule has 0 bridgehead atoms. The molecule has 9 nitrogen and oxygen atoms in total. The second-order valence-electron chi connectivity index (χ2n) is 9.08. The summed E-state index contributed by atoms with van der Waals surface area (Å²) in [5.74, 6) is -1.01. The Morgan fingerprint density at radius 2 is 1.95 bits per heavy atom. The molecule has 1 amide bonds. The highest BCUT2D eigenvalue weighted by Crippen LogP contribution is 2.40. The van der Waals surface area contributed by atoms with Gasteiger partial charge in [-0.3, -0.25) is 9.59 Å². The minimum absolute atomic E-state index is 0.0328. The summed E-state index contributed by atoms with van der Waals surface area (Å²) in [7, 11) is 0. The van der Waals surface area contributed by atoms with E-state index < -0.39 is 17.7 Å². The van der Waals surface area contributed by atoms with Crippen LogP contribution in [-0.4, -0.2) is 53.8 Å². The summed E-state index contributed by atoms with van der Waals surface area (Å²) < 4.78 is 9.48. The van der Waals surface area contributed by atoms with Gasteiger partial charge in [-0.2, -0.15) is 0 Å². The maximum Gasteiger partial charge on any atom is 0.295 e. The quantitative estimate of drug-likeness (QED) is 0.223. The molecule has 37 heavy (non-hydrogen) atoms. The number of imidazole rings is 2. The molecule has 0 spiro atoms. The molecule has 1 atom stereocenters. The Morgan fingerprint density at radius 3 is 2.68 bits per heavy atom. The number of rotatable bonds is 8. The predicted molar refractivity (Wildman–Crippen MR) is 138 cm³/mol. The zero-order valence-electron chi connectivity index (χ0n) is 21.1. The van der Waals surface area contributed by atoms with E-state index in [2.05, 4.69) is 9.97 Å². The Hall–Kier alpha value is -4.40. The molecule has 1 aliphatic heterocycles. The van der Waals surface area contributed by atoms with Crippen molar-refractivity contribution >= 4 is 23.1 Å². The van der Waals surface area contributed by atoms with E-state index in [1.807, 2.05) is 78.5 Å². The number of carbonyl (C=O) groups is 2. The van der Waals surface area contributed by atoms with Crippen LogP contribution in [0.15, 0.2) is 66.9 Å². The number of nitrogens with zero attached hydrogens (tertiary/aromatic N) is 5. The molecule has 5 rings (SSSR count). The van der Waals surface area contributed by atoms with Crippen molar-refractivity contribution in [1.82, 2.24) is 23.8 Å². The van der Waals surface area contributed by atoms with Crippen LogP contribution < -0.4 is 4.74 Å². The van der Waals surface area contributed by atoms with Crippen LogP contribution in [0.3, 0.4) is 0 Å². The van der Waals surface area contributed by atoms with E-state index in [0.29, 0.717) is 48.8 Å². The number of aromatic nitrogens is 4. The van der Waals surface area contributed by atoms with Gasteiger partial charge in [-0.1, -0.05) is 18.2 Å². The molecule has 1 fully saturated rings. The molecule has 0 saturated carbocycles. The Labute approximate surface area is 214 Å². The fourth-order valence-corrected chi connectivity index (χ4v) is 4.91. The molecular weight excluding hydrogens is 470 g/mol. The fourth-order valence-electron chi connectivity index (χ4n) is 4.91. The van der Waals surface area contributed by atoms with Crippen molar-refractivity contribution in [3.05, 3.63) is 89.4 Å². The summed E-state index contributed by atoms with van der Waals surface area (Å²) in [6.07, 6.45) is 7.73. The van der Waals surface area contributed by atoms with Crippen LogP contribution in [0, 0.1) is 13.8 Å². The van der Waals surface area contributed by atoms with Gasteiger partial charge >= 0.3 is 0 Å². The van der Waals surface area contributed by atoms with Crippen molar-refractivity contribution in [2.45, 2.75) is 39.8 Å². The Bertz CT molecular complexity index is 1500. The van der Waals surface area contributed by atoms with Crippen LogP contribution in [0.2, 0.25) is 0 Å². The molecule has 1 aromatic carbocycles. The molecule has 1 aliphatic rings. The maximum absolute atomic E-state index is 13.4. The van der Waals surface area contributed by atoms with E-state index in [4.69, 9.17) is 4.74 Å². The number of hydrogen-bond donors (Lipinski definition) is 1. The van der Waals surface area contributed by atoms with E-state index in [1.165, 1.54) is 4.90 Å². The first-order valence-corrected chi connectivity index (χ1v) is 12.3. The van der Waals surface area contributed by atoms with E-state index in [1.54, 1.807) is 12.5 Å². The number of pyridine rings is 1. The third-order valence-electron chi connectivity index (χ3n) is 6.71. The molecule has 3 aromatic heterocycles. The number of likely N-dealkylation sites (tertiary alicyclic amines) is 1. The zero-order valence-corrected chi connectivity index (χ0v) is 21.1. The van der Waals surface area contributed by atoms with Gasteiger partial charge in [0.05, 0.1) is 30.2 Å². The number of benzene rings is 1. The molecule has 1 N–H and O–H groups in total. The number of aryl methyl sites for hydroxylation is 3. The van der Waals surface area contributed by atoms with Crippen LogP contribution in [-0.2, 0) is 16.1 Å². The average molecular weight is 500 g/mol. The summed E-state index contributed by atoms with van der Waals surface area (Å²) in [5, 5.41) is 11.5. The fraction of sp³-hybridized carbons (Fsp3) is 0.286.